The van der Waals surface area contributed by atoms with E-state index in [9.17, 15) is 9.59 Å². The highest BCUT2D eigenvalue weighted by molar-refractivity contribution is 5.92. The number of carbonyl (C=O) groups excluding carboxylic acids is 2. The number of nitriles is 1. The zero-order chi connectivity index (χ0) is 14.3. The zero-order valence-corrected chi connectivity index (χ0v) is 11.0. The van der Waals surface area contributed by atoms with Gasteiger partial charge >= 0.3 is 5.97 Å². The number of nitrogens with zero attached hydrogens (tertiary/aromatic N) is 1. The topological polar surface area (TPSA) is 79.2 Å². The summed E-state index contributed by atoms with van der Waals surface area (Å²) in [6.45, 7) is 3.99. The minimum absolute atomic E-state index is 0.259. The van der Waals surface area contributed by atoms with E-state index in [2.05, 4.69) is 5.32 Å². The fourth-order valence-corrected chi connectivity index (χ4v) is 1.39. The van der Waals surface area contributed by atoms with Crippen molar-refractivity contribution in [2.45, 2.75) is 26.4 Å². The van der Waals surface area contributed by atoms with Gasteiger partial charge in [0.05, 0.1) is 17.2 Å². The Bertz CT molecular complexity index is 506. The maximum Gasteiger partial charge on any atom is 0.338 e. The van der Waals surface area contributed by atoms with Gasteiger partial charge in [-0.3, -0.25) is 4.79 Å². The fraction of sp³-hybridized carbons (Fsp3) is 0.357. The molecule has 0 unspecified atom stereocenters. The monoisotopic (exact) mass is 260 g/mol. The van der Waals surface area contributed by atoms with Gasteiger partial charge in [0.25, 0.3) is 5.91 Å². The van der Waals surface area contributed by atoms with Crippen LogP contribution in [-0.4, -0.2) is 24.5 Å². The minimum Gasteiger partial charge on any atom is -0.449 e. The van der Waals surface area contributed by atoms with Gasteiger partial charge in [-0.15, -0.1) is 0 Å². The second-order valence-corrected chi connectivity index (χ2v) is 4.03. The fourth-order valence-electron chi connectivity index (χ4n) is 1.39. The Kier molecular flexibility index (Phi) is 5.55. The Balaban J connectivity index is 2.64. The SMILES string of the molecule is CCCNC(=O)[C@@H](C)OC(=O)c1cccc(C#N)c1. The Hall–Kier alpha value is -2.35. The quantitative estimate of drug-likeness (QED) is 0.816. The van der Waals surface area contributed by atoms with Crippen molar-refractivity contribution in [3.8, 4) is 6.07 Å². The molecule has 100 valence electrons. The Morgan fingerprint density at radius 1 is 1.47 bits per heavy atom. The number of nitrogens with one attached hydrogen (secondary N) is 1. The summed E-state index contributed by atoms with van der Waals surface area (Å²) in [5.41, 5.74) is 0.631. The van der Waals surface area contributed by atoms with Crippen molar-refractivity contribution < 1.29 is 14.3 Å². The lowest BCUT2D eigenvalue weighted by Crippen LogP contribution is -2.36. The number of amides is 1. The molecular weight excluding hydrogens is 244 g/mol. The molecule has 1 aromatic rings. The van der Waals surface area contributed by atoms with Crippen molar-refractivity contribution in [1.82, 2.24) is 5.32 Å². The number of hydrogen-bond acceptors (Lipinski definition) is 4. The van der Waals surface area contributed by atoms with Crippen molar-refractivity contribution in [3.05, 3.63) is 35.4 Å². The number of rotatable bonds is 5. The first kappa shape index (κ1) is 14.7. The predicted molar refractivity (Wildman–Crippen MR) is 69.3 cm³/mol. The van der Waals surface area contributed by atoms with E-state index in [1.807, 2.05) is 13.0 Å². The van der Waals surface area contributed by atoms with Crippen LogP contribution in [0.1, 0.15) is 36.2 Å². The lowest BCUT2D eigenvalue weighted by Gasteiger charge is -2.13. The van der Waals surface area contributed by atoms with Crippen molar-refractivity contribution in [2.75, 3.05) is 6.54 Å². The summed E-state index contributed by atoms with van der Waals surface area (Å²) in [7, 11) is 0. The average Bonchev–Trinajstić information content (AvgIpc) is 2.44. The van der Waals surface area contributed by atoms with E-state index in [4.69, 9.17) is 10.00 Å². The summed E-state index contributed by atoms with van der Waals surface area (Å²) >= 11 is 0. The van der Waals surface area contributed by atoms with E-state index in [1.54, 1.807) is 18.2 Å². The molecule has 1 aromatic carbocycles. The second-order valence-electron chi connectivity index (χ2n) is 4.03. The first-order valence-electron chi connectivity index (χ1n) is 6.07. The summed E-state index contributed by atoms with van der Waals surface area (Å²) in [5, 5.41) is 11.4. The first-order valence-corrected chi connectivity index (χ1v) is 6.07. The summed E-state index contributed by atoms with van der Waals surface area (Å²) in [5.74, 6) is -0.942. The molecule has 1 N–H and O–H groups in total. The molecular formula is C14H16N2O3. The Labute approximate surface area is 112 Å². The molecule has 0 aliphatic rings. The van der Waals surface area contributed by atoms with Crippen LogP contribution in [0.2, 0.25) is 0 Å². The van der Waals surface area contributed by atoms with Crippen LogP contribution in [-0.2, 0) is 9.53 Å². The van der Waals surface area contributed by atoms with Crippen LogP contribution >= 0.6 is 0 Å². The van der Waals surface area contributed by atoms with Crippen LogP contribution in [0, 0.1) is 11.3 Å². The van der Waals surface area contributed by atoms with Gasteiger partial charge in [-0.25, -0.2) is 4.79 Å². The van der Waals surface area contributed by atoms with Gasteiger partial charge in [-0.05, 0) is 31.5 Å². The Morgan fingerprint density at radius 3 is 2.84 bits per heavy atom. The lowest BCUT2D eigenvalue weighted by atomic mass is 10.1. The van der Waals surface area contributed by atoms with Crippen molar-refractivity contribution in [1.29, 1.82) is 5.26 Å². The molecule has 0 aliphatic carbocycles. The van der Waals surface area contributed by atoms with Crippen LogP contribution in [0.4, 0.5) is 0 Å². The summed E-state index contributed by atoms with van der Waals surface area (Å²) in [6, 6.07) is 8.10. The van der Waals surface area contributed by atoms with Gasteiger partial charge in [0.1, 0.15) is 0 Å². The van der Waals surface area contributed by atoms with E-state index in [1.165, 1.54) is 13.0 Å². The molecule has 0 heterocycles. The number of carbonyl (C=O) groups is 2. The van der Waals surface area contributed by atoms with E-state index in [0.29, 0.717) is 12.1 Å². The lowest BCUT2D eigenvalue weighted by molar-refractivity contribution is -0.129. The molecule has 0 saturated heterocycles. The Morgan fingerprint density at radius 2 is 2.21 bits per heavy atom. The molecule has 0 spiro atoms. The molecule has 1 amide bonds. The summed E-state index contributed by atoms with van der Waals surface area (Å²) in [4.78, 5) is 23.3. The van der Waals surface area contributed by atoms with Gasteiger partial charge in [0.15, 0.2) is 6.10 Å². The number of esters is 1. The predicted octanol–water partition coefficient (Wildman–Crippen LogP) is 1.63. The second kappa shape index (κ2) is 7.17. The average molecular weight is 260 g/mol. The molecule has 0 bridgehead atoms. The molecule has 0 saturated carbocycles. The highest BCUT2D eigenvalue weighted by Gasteiger charge is 2.18. The number of hydrogen-bond donors (Lipinski definition) is 1. The van der Waals surface area contributed by atoms with Gasteiger partial charge in [-0.1, -0.05) is 13.0 Å². The molecule has 0 fully saturated rings. The first-order chi connectivity index (χ1) is 9.08. The highest BCUT2D eigenvalue weighted by Crippen LogP contribution is 2.07. The molecule has 1 atom stereocenters. The minimum atomic E-state index is -0.857. The number of ether oxygens (including phenoxy) is 1. The third-order valence-corrected chi connectivity index (χ3v) is 2.43. The largest absolute Gasteiger partial charge is 0.449 e. The third kappa shape index (κ3) is 4.43. The van der Waals surface area contributed by atoms with Crippen molar-refractivity contribution >= 4 is 11.9 Å². The molecule has 19 heavy (non-hydrogen) atoms. The molecule has 1 rings (SSSR count). The van der Waals surface area contributed by atoms with E-state index >= 15 is 0 Å². The van der Waals surface area contributed by atoms with Gasteiger partial charge < -0.3 is 10.1 Å². The third-order valence-electron chi connectivity index (χ3n) is 2.43. The van der Waals surface area contributed by atoms with Gasteiger partial charge in [0.2, 0.25) is 0 Å². The van der Waals surface area contributed by atoms with Crippen molar-refractivity contribution in [3.63, 3.8) is 0 Å². The highest BCUT2D eigenvalue weighted by atomic mass is 16.5. The van der Waals surface area contributed by atoms with Crippen molar-refractivity contribution in [2.24, 2.45) is 0 Å². The van der Waals surface area contributed by atoms with Crippen LogP contribution in [0.25, 0.3) is 0 Å². The zero-order valence-electron chi connectivity index (χ0n) is 11.0. The number of benzene rings is 1. The van der Waals surface area contributed by atoms with Crippen LogP contribution in [0.15, 0.2) is 24.3 Å². The van der Waals surface area contributed by atoms with Gasteiger partial charge in [-0.2, -0.15) is 5.26 Å². The maximum absolute atomic E-state index is 11.8. The van der Waals surface area contributed by atoms with Crippen LogP contribution in [0.5, 0.6) is 0 Å². The van der Waals surface area contributed by atoms with Gasteiger partial charge in [0, 0.05) is 6.54 Å². The molecule has 0 aliphatic heterocycles. The van der Waals surface area contributed by atoms with E-state index < -0.39 is 12.1 Å². The summed E-state index contributed by atoms with van der Waals surface area (Å²) in [6.07, 6.45) is -0.0406. The molecule has 5 heteroatoms. The van der Waals surface area contributed by atoms with Crippen LogP contribution in [0.3, 0.4) is 0 Å². The molecule has 0 aromatic heterocycles. The summed E-state index contributed by atoms with van der Waals surface area (Å²) < 4.78 is 5.03. The maximum atomic E-state index is 11.8. The molecule has 5 nitrogen and oxygen atoms in total. The van der Waals surface area contributed by atoms with E-state index in [-0.39, 0.29) is 11.5 Å². The van der Waals surface area contributed by atoms with Crippen LogP contribution < -0.4 is 5.32 Å². The smallest absolute Gasteiger partial charge is 0.338 e. The molecule has 0 radical (unpaired) electrons. The normalized spacial score (nSPS) is 11.2. The standard InChI is InChI=1S/C14H16N2O3/c1-3-7-16-13(17)10(2)19-14(18)12-6-4-5-11(8-12)9-15/h4-6,8,10H,3,7H2,1-2H3,(H,16,17)/t10-/m1/s1. The van der Waals surface area contributed by atoms with E-state index in [0.717, 1.165) is 6.42 Å².